The van der Waals surface area contributed by atoms with Gasteiger partial charge in [0.15, 0.2) is 0 Å². The normalized spacial score (nSPS) is 12.1. The number of ether oxygens (including phenoxy) is 1. The van der Waals surface area contributed by atoms with E-state index in [1.165, 1.54) is 0 Å². The van der Waals surface area contributed by atoms with Crippen LogP contribution in [0.4, 0.5) is 5.69 Å². The lowest BCUT2D eigenvalue weighted by atomic mass is 10.1. The highest BCUT2D eigenvalue weighted by Crippen LogP contribution is 2.19. The maximum Gasteiger partial charge on any atom is 0.228 e. The van der Waals surface area contributed by atoms with E-state index in [1.54, 1.807) is 0 Å². The third kappa shape index (κ3) is 4.36. The van der Waals surface area contributed by atoms with Crippen molar-refractivity contribution in [3.63, 3.8) is 0 Å². The summed E-state index contributed by atoms with van der Waals surface area (Å²) in [5.41, 5.74) is 2.46. The summed E-state index contributed by atoms with van der Waals surface area (Å²) in [5, 5.41) is 5.91. The van der Waals surface area contributed by atoms with Crippen molar-refractivity contribution >= 4 is 17.2 Å². The van der Waals surface area contributed by atoms with Gasteiger partial charge in [0.05, 0.1) is 5.69 Å². The third-order valence-electron chi connectivity index (χ3n) is 3.86. The van der Waals surface area contributed by atoms with Crippen LogP contribution in [0.2, 0.25) is 0 Å². The molecular weight excluding hydrogens is 316 g/mol. The number of carbonyl (C=O) groups is 1. The number of nitrogens with zero attached hydrogens (tertiary/aromatic N) is 2. The number of aromatic nitrogens is 2. The second-order valence-corrected chi connectivity index (χ2v) is 5.96. The second-order valence-electron chi connectivity index (χ2n) is 5.96. The van der Waals surface area contributed by atoms with Crippen LogP contribution < -0.4 is 15.4 Å². The van der Waals surface area contributed by atoms with Crippen molar-refractivity contribution in [3.05, 3.63) is 60.6 Å². The van der Waals surface area contributed by atoms with Gasteiger partial charge in [0.25, 0.3) is 0 Å². The van der Waals surface area contributed by atoms with Gasteiger partial charge in [0.2, 0.25) is 5.91 Å². The van der Waals surface area contributed by atoms with Crippen molar-refractivity contribution in [2.45, 2.75) is 13.5 Å². The van der Waals surface area contributed by atoms with Gasteiger partial charge in [-0.15, -0.1) is 0 Å². The Labute approximate surface area is 146 Å². The van der Waals surface area contributed by atoms with Gasteiger partial charge in [-0.2, -0.15) is 0 Å². The first-order valence-corrected chi connectivity index (χ1v) is 8.26. The lowest BCUT2D eigenvalue weighted by molar-refractivity contribution is -0.119. The fourth-order valence-corrected chi connectivity index (χ4v) is 2.54. The largest absolute Gasteiger partial charge is 0.487 e. The molecule has 130 valence electrons. The smallest absolute Gasteiger partial charge is 0.228 e. The molecule has 1 aromatic carbocycles. The number of amides is 1. The number of carbonyl (C=O) groups excluding carboxylic acids is 1. The van der Waals surface area contributed by atoms with E-state index in [9.17, 15) is 4.79 Å². The molecule has 3 rings (SSSR count). The second kappa shape index (κ2) is 7.81. The minimum absolute atomic E-state index is 0.0214. The Kier molecular flexibility index (Phi) is 5.30. The molecule has 2 heterocycles. The van der Waals surface area contributed by atoms with Gasteiger partial charge in [-0.05, 0) is 31.3 Å². The van der Waals surface area contributed by atoms with Crippen LogP contribution >= 0.6 is 0 Å². The van der Waals surface area contributed by atoms with Gasteiger partial charge in [-0.25, -0.2) is 4.98 Å². The van der Waals surface area contributed by atoms with Gasteiger partial charge in [0, 0.05) is 36.6 Å². The van der Waals surface area contributed by atoms with E-state index in [-0.39, 0.29) is 11.8 Å². The van der Waals surface area contributed by atoms with E-state index in [4.69, 9.17) is 4.74 Å². The molecule has 0 saturated carbocycles. The minimum Gasteiger partial charge on any atom is -0.487 e. The van der Waals surface area contributed by atoms with Gasteiger partial charge in [-0.1, -0.05) is 19.1 Å². The summed E-state index contributed by atoms with van der Waals surface area (Å²) in [6.45, 7) is 2.89. The number of nitrogens with one attached hydrogen (secondary N) is 2. The summed E-state index contributed by atoms with van der Waals surface area (Å²) < 4.78 is 7.77. The van der Waals surface area contributed by atoms with Gasteiger partial charge in [0.1, 0.15) is 18.0 Å². The average Bonchev–Trinajstić information content (AvgIpc) is 3.03. The number of pyridine rings is 1. The van der Waals surface area contributed by atoms with Crippen LogP contribution in [-0.2, 0) is 11.4 Å². The lowest BCUT2D eigenvalue weighted by Crippen LogP contribution is -2.28. The van der Waals surface area contributed by atoms with Crippen LogP contribution in [0.3, 0.4) is 0 Å². The number of imidazole rings is 1. The molecule has 0 spiro atoms. The zero-order valence-electron chi connectivity index (χ0n) is 14.4. The SMILES string of the molecule is CNCC(C)C(=O)Nc1cccc(OCc2cn3ccccc3n2)c1. The molecule has 0 aliphatic heterocycles. The van der Waals surface area contributed by atoms with Crippen molar-refractivity contribution in [2.24, 2.45) is 5.92 Å². The zero-order chi connectivity index (χ0) is 17.6. The molecule has 25 heavy (non-hydrogen) atoms. The zero-order valence-corrected chi connectivity index (χ0v) is 14.4. The summed E-state index contributed by atoms with van der Waals surface area (Å²) in [6, 6.07) is 13.3. The van der Waals surface area contributed by atoms with Crippen molar-refractivity contribution in [3.8, 4) is 5.75 Å². The Balaban J connectivity index is 1.62. The number of fused-ring (bicyclic) bond motifs is 1. The van der Waals surface area contributed by atoms with Crippen LogP contribution in [0.25, 0.3) is 5.65 Å². The topological polar surface area (TPSA) is 67.7 Å². The molecular formula is C19H22N4O2. The van der Waals surface area contributed by atoms with Crippen LogP contribution in [0.1, 0.15) is 12.6 Å². The number of hydrogen-bond acceptors (Lipinski definition) is 4. The quantitative estimate of drug-likeness (QED) is 0.695. The third-order valence-corrected chi connectivity index (χ3v) is 3.86. The molecule has 6 heteroatoms. The van der Waals surface area contributed by atoms with Crippen molar-refractivity contribution in [2.75, 3.05) is 18.9 Å². The molecule has 0 bridgehead atoms. The first kappa shape index (κ1) is 17.0. The number of hydrogen-bond donors (Lipinski definition) is 2. The number of benzene rings is 1. The molecule has 2 N–H and O–H groups in total. The van der Waals surface area contributed by atoms with Crippen molar-refractivity contribution in [1.29, 1.82) is 0 Å². The Morgan fingerprint density at radius 2 is 2.16 bits per heavy atom. The molecule has 1 unspecified atom stereocenters. The Hall–Kier alpha value is -2.86. The molecule has 2 aromatic heterocycles. The van der Waals surface area contributed by atoms with Gasteiger partial charge < -0.3 is 19.8 Å². The molecule has 0 aliphatic rings. The standard InChI is InChI=1S/C19H22N4O2/c1-14(11-20-2)19(24)22-15-6-5-7-17(10-15)25-13-16-12-23-9-4-3-8-18(23)21-16/h3-10,12,14,20H,11,13H2,1-2H3,(H,22,24). The lowest BCUT2D eigenvalue weighted by Gasteiger charge is -2.12. The molecule has 3 aromatic rings. The Bertz CT molecular complexity index is 826. The van der Waals surface area contributed by atoms with E-state index < -0.39 is 0 Å². The summed E-state index contributed by atoms with van der Waals surface area (Å²) in [6.07, 6.45) is 3.90. The van der Waals surface area contributed by atoms with Crippen LogP contribution in [0.15, 0.2) is 54.9 Å². The first-order valence-electron chi connectivity index (χ1n) is 8.26. The van der Waals surface area contributed by atoms with Gasteiger partial charge >= 0.3 is 0 Å². The van der Waals surface area contributed by atoms with E-state index in [1.807, 2.05) is 73.2 Å². The summed E-state index contributed by atoms with van der Waals surface area (Å²) in [7, 11) is 1.83. The molecule has 0 aliphatic carbocycles. The highest BCUT2D eigenvalue weighted by atomic mass is 16.5. The Morgan fingerprint density at radius 1 is 1.28 bits per heavy atom. The van der Waals surface area contributed by atoms with Crippen molar-refractivity contribution < 1.29 is 9.53 Å². The predicted molar refractivity (Wildman–Crippen MR) is 97.7 cm³/mol. The molecule has 0 radical (unpaired) electrons. The Morgan fingerprint density at radius 3 is 2.96 bits per heavy atom. The average molecular weight is 338 g/mol. The molecule has 0 fully saturated rings. The van der Waals surface area contributed by atoms with Crippen molar-refractivity contribution in [1.82, 2.24) is 14.7 Å². The number of anilines is 1. The fraction of sp³-hybridized carbons (Fsp3) is 0.263. The van der Waals surface area contributed by atoms with E-state index >= 15 is 0 Å². The summed E-state index contributed by atoms with van der Waals surface area (Å²) in [4.78, 5) is 16.6. The first-order chi connectivity index (χ1) is 12.2. The molecule has 1 amide bonds. The fourth-order valence-electron chi connectivity index (χ4n) is 2.54. The van der Waals surface area contributed by atoms with Crippen LogP contribution in [-0.4, -0.2) is 28.9 Å². The highest BCUT2D eigenvalue weighted by Gasteiger charge is 2.12. The number of rotatable bonds is 7. The minimum atomic E-state index is -0.104. The molecule has 6 nitrogen and oxygen atoms in total. The monoisotopic (exact) mass is 338 g/mol. The van der Waals surface area contributed by atoms with E-state index in [0.29, 0.717) is 18.9 Å². The highest BCUT2D eigenvalue weighted by molar-refractivity contribution is 5.92. The van der Waals surface area contributed by atoms with Crippen LogP contribution in [0.5, 0.6) is 5.75 Å². The van der Waals surface area contributed by atoms with Crippen LogP contribution in [0, 0.1) is 5.92 Å². The summed E-state index contributed by atoms with van der Waals surface area (Å²) >= 11 is 0. The maximum absolute atomic E-state index is 12.1. The van der Waals surface area contributed by atoms with Gasteiger partial charge in [-0.3, -0.25) is 4.79 Å². The maximum atomic E-state index is 12.1. The van der Waals surface area contributed by atoms with E-state index in [0.717, 1.165) is 17.0 Å². The molecule has 1 atom stereocenters. The molecule has 0 saturated heterocycles. The summed E-state index contributed by atoms with van der Waals surface area (Å²) in [5.74, 6) is 0.565. The predicted octanol–water partition coefficient (Wildman–Crippen LogP) is 2.71. The van der Waals surface area contributed by atoms with E-state index in [2.05, 4.69) is 15.6 Å².